The van der Waals surface area contributed by atoms with Crippen molar-refractivity contribution in [2.75, 3.05) is 0 Å². The van der Waals surface area contributed by atoms with Gasteiger partial charge in [0.25, 0.3) is 15.9 Å². The summed E-state index contributed by atoms with van der Waals surface area (Å²) >= 11 is 3.19. The number of carbonyl (C=O) groups is 1. The van der Waals surface area contributed by atoms with Crippen LogP contribution in [-0.2, 0) is 10.0 Å². The molecule has 1 aromatic heterocycles. The summed E-state index contributed by atoms with van der Waals surface area (Å²) in [7, 11) is -3.78. The Morgan fingerprint density at radius 1 is 1.26 bits per heavy atom. The largest absolute Gasteiger partial charge is 0.273 e. The minimum atomic E-state index is -3.78. The summed E-state index contributed by atoms with van der Waals surface area (Å²) in [5.41, 5.74) is 0.323. The maximum absolute atomic E-state index is 12.0. The van der Waals surface area contributed by atoms with Crippen LogP contribution in [0.25, 0.3) is 0 Å². The molecule has 0 saturated carbocycles. The second-order valence-corrected chi connectivity index (χ2v) is 8.25. The zero-order chi connectivity index (χ0) is 14.0. The molecule has 0 saturated heterocycles. The lowest BCUT2D eigenvalue weighted by molar-refractivity contribution is 0.0981. The van der Waals surface area contributed by atoms with Gasteiger partial charge < -0.3 is 0 Å². The number of aryl methyl sites for hydroxylation is 1. The molecular weight excluding hydrogens is 397 g/mol. The number of hydrogen-bond acceptors (Lipinski definition) is 4. The molecular formula is C12H10INO3S2. The van der Waals surface area contributed by atoms with Gasteiger partial charge in [-0.2, -0.15) is 0 Å². The minimum absolute atomic E-state index is 0.143. The van der Waals surface area contributed by atoms with E-state index in [0.717, 1.165) is 19.8 Å². The molecule has 7 heteroatoms. The number of carbonyl (C=O) groups excluding carboxylic acids is 1. The fourth-order valence-electron chi connectivity index (χ4n) is 1.42. The number of hydrogen-bond donors (Lipinski definition) is 1. The first-order valence-corrected chi connectivity index (χ1v) is 8.65. The van der Waals surface area contributed by atoms with Crippen LogP contribution >= 0.6 is 33.9 Å². The van der Waals surface area contributed by atoms with E-state index in [-0.39, 0.29) is 4.21 Å². The lowest BCUT2D eigenvalue weighted by Crippen LogP contribution is -2.30. The Hall–Kier alpha value is -0.930. The van der Waals surface area contributed by atoms with E-state index in [1.54, 1.807) is 24.3 Å². The van der Waals surface area contributed by atoms with E-state index in [9.17, 15) is 13.2 Å². The molecule has 19 heavy (non-hydrogen) atoms. The SMILES string of the molecule is Cc1ccc(S(=O)(=O)NC(=O)c2cccc(I)c2)s1. The van der Waals surface area contributed by atoms with Crippen LogP contribution in [0.3, 0.4) is 0 Å². The molecule has 0 bridgehead atoms. The lowest BCUT2D eigenvalue weighted by atomic mass is 10.2. The van der Waals surface area contributed by atoms with Gasteiger partial charge in [0.1, 0.15) is 4.21 Å². The molecule has 2 rings (SSSR count). The molecule has 0 fully saturated rings. The van der Waals surface area contributed by atoms with Crippen molar-refractivity contribution in [3.8, 4) is 0 Å². The van der Waals surface area contributed by atoms with Gasteiger partial charge >= 0.3 is 0 Å². The molecule has 1 N–H and O–H groups in total. The van der Waals surface area contributed by atoms with Gasteiger partial charge in [-0.1, -0.05) is 6.07 Å². The van der Waals surface area contributed by atoms with Crippen LogP contribution in [0.5, 0.6) is 0 Å². The summed E-state index contributed by atoms with van der Waals surface area (Å²) in [4.78, 5) is 12.8. The first-order chi connectivity index (χ1) is 8.88. The predicted octanol–water partition coefficient (Wildman–Crippen LogP) is 2.78. The van der Waals surface area contributed by atoms with Crippen LogP contribution in [0.4, 0.5) is 0 Å². The van der Waals surface area contributed by atoms with E-state index in [4.69, 9.17) is 0 Å². The standard InChI is InChI=1S/C12H10INO3S2/c1-8-5-6-11(18-8)19(16,17)14-12(15)9-3-2-4-10(13)7-9/h2-7H,1H3,(H,14,15). The molecule has 0 aliphatic carbocycles. The Labute approximate surface area is 129 Å². The fraction of sp³-hybridized carbons (Fsp3) is 0.0833. The third-order valence-electron chi connectivity index (χ3n) is 2.29. The van der Waals surface area contributed by atoms with Gasteiger partial charge in [-0.3, -0.25) is 4.79 Å². The van der Waals surface area contributed by atoms with Gasteiger partial charge in [0.15, 0.2) is 0 Å². The van der Waals surface area contributed by atoms with E-state index in [1.807, 2.05) is 13.0 Å². The van der Waals surface area contributed by atoms with Crippen LogP contribution in [0.2, 0.25) is 0 Å². The predicted molar refractivity (Wildman–Crippen MR) is 82.9 cm³/mol. The van der Waals surface area contributed by atoms with E-state index in [2.05, 4.69) is 27.3 Å². The number of rotatable bonds is 3. The quantitative estimate of drug-likeness (QED) is 0.797. The van der Waals surface area contributed by atoms with Crippen molar-refractivity contribution in [3.05, 3.63) is 50.4 Å². The molecule has 2 aromatic rings. The van der Waals surface area contributed by atoms with E-state index in [0.29, 0.717) is 5.56 Å². The van der Waals surface area contributed by atoms with Gasteiger partial charge in [0.2, 0.25) is 0 Å². The first kappa shape index (κ1) is 14.5. The van der Waals surface area contributed by atoms with E-state index >= 15 is 0 Å². The third-order valence-corrected chi connectivity index (χ3v) is 5.79. The minimum Gasteiger partial charge on any atom is -0.268 e. The Morgan fingerprint density at radius 2 is 2.00 bits per heavy atom. The maximum Gasteiger partial charge on any atom is 0.273 e. The highest BCUT2D eigenvalue weighted by Crippen LogP contribution is 2.20. The Kier molecular flexibility index (Phi) is 4.26. The Bertz CT molecular complexity index is 722. The number of benzene rings is 1. The number of amides is 1. The second-order valence-electron chi connectivity index (χ2n) is 3.81. The molecule has 1 amide bonds. The Morgan fingerprint density at radius 3 is 2.58 bits per heavy atom. The van der Waals surface area contributed by atoms with Gasteiger partial charge in [0.05, 0.1) is 0 Å². The second kappa shape index (κ2) is 5.59. The van der Waals surface area contributed by atoms with Gasteiger partial charge in [-0.05, 0) is 59.8 Å². The van der Waals surface area contributed by atoms with Crippen LogP contribution in [0, 0.1) is 10.5 Å². The zero-order valence-corrected chi connectivity index (χ0v) is 13.7. The molecule has 4 nitrogen and oxygen atoms in total. The summed E-state index contributed by atoms with van der Waals surface area (Å²) < 4.78 is 27.1. The summed E-state index contributed by atoms with van der Waals surface area (Å²) in [5.74, 6) is -0.621. The summed E-state index contributed by atoms with van der Waals surface area (Å²) in [5, 5.41) is 0. The number of halogens is 1. The van der Waals surface area contributed by atoms with E-state index in [1.165, 1.54) is 6.07 Å². The Balaban J connectivity index is 2.24. The zero-order valence-electron chi connectivity index (χ0n) is 9.88. The topological polar surface area (TPSA) is 63.2 Å². The molecule has 0 atom stereocenters. The van der Waals surface area contributed by atoms with Crippen molar-refractivity contribution in [1.29, 1.82) is 0 Å². The van der Waals surface area contributed by atoms with Crippen LogP contribution in [-0.4, -0.2) is 14.3 Å². The molecule has 0 aliphatic rings. The molecule has 0 aliphatic heterocycles. The van der Waals surface area contributed by atoms with Crippen molar-refractivity contribution < 1.29 is 13.2 Å². The van der Waals surface area contributed by atoms with Crippen LogP contribution in [0.15, 0.2) is 40.6 Å². The molecule has 100 valence electrons. The van der Waals surface area contributed by atoms with Crippen molar-refractivity contribution in [2.24, 2.45) is 0 Å². The monoisotopic (exact) mass is 407 g/mol. The molecule has 1 heterocycles. The van der Waals surface area contributed by atoms with Gasteiger partial charge in [-0.25, -0.2) is 13.1 Å². The van der Waals surface area contributed by atoms with Crippen molar-refractivity contribution in [2.45, 2.75) is 11.1 Å². The number of sulfonamides is 1. The highest BCUT2D eigenvalue weighted by Gasteiger charge is 2.20. The average Bonchev–Trinajstić information content (AvgIpc) is 2.76. The fourth-order valence-corrected chi connectivity index (χ4v) is 4.22. The van der Waals surface area contributed by atoms with E-state index < -0.39 is 15.9 Å². The first-order valence-electron chi connectivity index (χ1n) is 5.27. The van der Waals surface area contributed by atoms with Crippen molar-refractivity contribution in [3.63, 3.8) is 0 Å². The number of nitrogens with one attached hydrogen (secondary N) is 1. The summed E-state index contributed by atoms with van der Waals surface area (Å²) in [6.45, 7) is 1.81. The van der Waals surface area contributed by atoms with Crippen LogP contribution in [0.1, 0.15) is 15.2 Å². The van der Waals surface area contributed by atoms with Gasteiger partial charge in [-0.15, -0.1) is 11.3 Å². The van der Waals surface area contributed by atoms with Crippen LogP contribution < -0.4 is 4.72 Å². The normalized spacial score (nSPS) is 11.3. The average molecular weight is 407 g/mol. The smallest absolute Gasteiger partial charge is 0.268 e. The highest BCUT2D eigenvalue weighted by atomic mass is 127. The van der Waals surface area contributed by atoms with Gasteiger partial charge in [0, 0.05) is 14.0 Å². The summed E-state index contributed by atoms with van der Waals surface area (Å²) in [6.07, 6.45) is 0. The maximum atomic E-state index is 12.0. The lowest BCUT2D eigenvalue weighted by Gasteiger charge is -2.05. The summed E-state index contributed by atoms with van der Waals surface area (Å²) in [6, 6.07) is 9.93. The third kappa shape index (κ3) is 3.54. The number of thiophene rings is 1. The highest BCUT2D eigenvalue weighted by molar-refractivity contribution is 14.1. The molecule has 0 unspecified atom stereocenters. The molecule has 1 aromatic carbocycles. The van der Waals surface area contributed by atoms with Crippen molar-refractivity contribution >= 4 is 49.9 Å². The molecule has 0 spiro atoms. The molecule has 0 radical (unpaired) electrons. The van der Waals surface area contributed by atoms with Crippen molar-refractivity contribution in [1.82, 2.24) is 4.72 Å².